The second kappa shape index (κ2) is 9.58. The van der Waals surface area contributed by atoms with Gasteiger partial charge in [-0.2, -0.15) is 0 Å². The van der Waals surface area contributed by atoms with Crippen molar-refractivity contribution in [3.05, 3.63) is 39.2 Å². The number of hydrogen-bond donors (Lipinski definition) is 2. The minimum atomic E-state index is -0.800. The summed E-state index contributed by atoms with van der Waals surface area (Å²) in [6.45, 7) is 2.26. The summed E-state index contributed by atoms with van der Waals surface area (Å²) < 4.78 is 11.4. The number of benzene rings is 1. The molecule has 0 saturated carbocycles. The highest BCUT2D eigenvalue weighted by atomic mass is 16.5. The molecule has 1 heterocycles. The molecule has 1 aliphatic rings. The Morgan fingerprint density at radius 2 is 1.90 bits per heavy atom. The lowest BCUT2D eigenvalue weighted by molar-refractivity contribution is -0.137. The quantitative estimate of drug-likeness (QED) is 0.494. The fraction of sp³-hybridized carbons (Fsp3) is 0.500. The highest BCUT2D eigenvalue weighted by molar-refractivity contribution is 5.89. The zero-order valence-electron chi connectivity index (χ0n) is 16.7. The largest absolute Gasteiger partial charge is 0.483 e. The van der Waals surface area contributed by atoms with E-state index in [2.05, 4.69) is 5.32 Å². The number of carbonyl (C=O) groups is 2. The van der Waals surface area contributed by atoms with Gasteiger partial charge in [0.05, 0.1) is 5.39 Å². The number of amides is 1. The minimum absolute atomic E-state index is 0.123. The summed E-state index contributed by atoms with van der Waals surface area (Å²) in [5.74, 6) is -0.464. The second-order valence-electron chi connectivity index (χ2n) is 7.53. The Morgan fingerprint density at radius 1 is 1.14 bits per heavy atom. The normalized spacial score (nSPS) is 13.1. The summed E-state index contributed by atoms with van der Waals surface area (Å²) in [6, 6.07) is 3.70. The number of carbonyl (C=O) groups excluding carboxylic acids is 1. The first-order valence-electron chi connectivity index (χ1n) is 10.2. The molecule has 0 bridgehead atoms. The van der Waals surface area contributed by atoms with Crippen molar-refractivity contribution in [2.45, 2.75) is 58.3 Å². The molecule has 156 valence electrons. The fourth-order valence-electron chi connectivity index (χ4n) is 3.78. The van der Waals surface area contributed by atoms with Gasteiger partial charge in [0, 0.05) is 18.5 Å². The van der Waals surface area contributed by atoms with Crippen LogP contribution in [0.3, 0.4) is 0 Å². The zero-order valence-corrected chi connectivity index (χ0v) is 16.7. The number of unbranched alkanes of at least 4 members (excludes halogenated alkanes) is 2. The van der Waals surface area contributed by atoms with Crippen LogP contribution in [0.5, 0.6) is 5.75 Å². The van der Waals surface area contributed by atoms with Gasteiger partial charge in [-0.1, -0.05) is 6.42 Å². The Morgan fingerprint density at radius 3 is 2.66 bits per heavy atom. The van der Waals surface area contributed by atoms with E-state index in [-0.39, 0.29) is 24.6 Å². The molecular formula is C22H27NO6. The van der Waals surface area contributed by atoms with Gasteiger partial charge in [0.2, 0.25) is 0 Å². The Balaban J connectivity index is 1.65. The molecule has 2 N–H and O–H groups in total. The van der Waals surface area contributed by atoms with E-state index in [1.54, 1.807) is 0 Å². The van der Waals surface area contributed by atoms with E-state index < -0.39 is 5.97 Å². The van der Waals surface area contributed by atoms with Crippen LogP contribution in [-0.4, -0.2) is 30.1 Å². The third-order valence-electron chi connectivity index (χ3n) is 5.18. The van der Waals surface area contributed by atoms with Gasteiger partial charge in [-0.15, -0.1) is 0 Å². The summed E-state index contributed by atoms with van der Waals surface area (Å²) in [6.07, 6.45) is 5.74. The van der Waals surface area contributed by atoms with E-state index in [4.69, 9.17) is 14.3 Å². The Kier molecular flexibility index (Phi) is 6.90. The predicted molar refractivity (Wildman–Crippen MR) is 108 cm³/mol. The Hall–Kier alpha value is -2.83. The lowest BCUT2D eigenvalue weighted by Crippen LogP contribution is -2.29. The first-order valence-corrected chi connectivity index (χ1v) is 10.2. The number of nitrogens with one attached hydrogen (secondary N) is 1. The number of fused-ring (bicyclic) bond motifs is 3. The molecule has 0 aliphatic heterocycles. The summed E-state index contributed by atoms with van der Waals surface area (Å²) in [7, 11) is 0. The smallest absolute Gasteiger partial charge is 0.339 e. The van der Waals surface area contributed by atoms with Crippen LogP contribution in [0, 0.1) is 6.92 Å². The summed E-state index contributed by atoms with van der Waals surface area (Å²) in [4.78, 5) is 34.9. The van der Waals surface area contributed by atoms with Gasteiger partial charge in [0.25, 0.3) is 5.91 Å². The van der Waals surface area contributed by atoms with Crippen LogP contribution in [0.1, 0.15) is 55.2 Å². The molecule has 0 saturated heterocycles. The van der Waals surface area contributed by atoms with Gasteiger partial charge in [-0.05, 0) is 68.7 Å². The average Bonchev–Trinajstić information content (AvgIpc) is 2.68. The van der Waals surface area contributed by atoms with Crippen molar-refractivity contribution in [3.8, 4) is 5.75 Å². The number of ether oxygens (including phenoxy) is 1. The lowest BCUT2D eigenvalue weighted by atomic mass is 9.90. The van der Waals surface area contributed by atoms with Gasteiger partial charge < -0.3 is 19.6 Å². The molecule has 1 aromatic carbocycles. The predicted octanol–water partition coefficient (Wildman–Crippen LogP) is 3.12. The van der Waals surface area contributed by atoms with Gasteiger partial charge in [-0.25, -0.2) is 4.79 Å². The molecule has 1 aliphatic carbocycles. The molecule has 7 nitrogen and oxygen atoms in total. The monoisotopic (exact) mass is 401 g/mol. The van der Waals surface area contributed by atoms with Crippen molar-refractivity contribution in [1.82, 2.24) is 5.32 Å². The maximum absolute atomic E-state index is 12.3. The molecule has 0 unspecified atom stereocenters. The minimum Gasteiger partial charge on any atom is -0.483 e. The summed E-state index contributed by atoms with van der Waals surface area (Å²) in [5.41, 5.74) is 2.83. The van der Waals surface area contributed by atoms with Crippen molar-refractivity contribution in [2.24, 2.45) is 0 Å². The van der Waals surface area contributed by atoms with Gasteiger partial charge >= 0.3 is 11.6 Å². The van der Waals surface area contributed by atoms with Crippen molar-refractivity contribution < 1.29 is 23.8 Å². The Labute approximate surface area is 169 Å². The van der Waals surface area contributed by atoms with Gasteiger partial charge in [0.1, 0.15) is 11.3 Å². The van der Waals surface area contributed by atoms with Crippen LogP contribution in [-0.2, 0) is 22.4 Å². The summed E-state index contributed by atoms with van der Waals surface area (Å²) in [5, 5.41) is 12.2. The van der Waals surface area contributed by atoms with E-state index in [0.717, 1.165) is 54.2 Å². The zero-order chi connectivity index (χ0) is 20.8. The van der Waals surface area contributed by atoms with E-state index in [9.17, 15) is 14.4 Å². The van der Waals surface area contributed by atoms with Crippen molar-refractivity contribution >= 4 is 22.8 Å². The first kappa shape index (κ1) is 20.9. The molecule has 3 rings (SSSR count). The SMILES string of the molecule is Cc1cc(OCC(=O)NCCCCCC(=O)O)c2c3c(c(=O)oc2c1)CCCC3. The highest BCUT2D eigenvalue weighted by Gasteiger charge is 2.21. The number of aliphatic carboxylic acids is 1. The standard InChI is InChI=1S/C22H27NO6/c1-14-11-17(28-13-19(24)23-10-6-2-3-9-20(25)26)21-15-7-4-5-8-16(15)22(27)29-18(21)12-14/h11-12H,2-10,13H2,1H3,(H,23,24)(H,25,26). The maximum atomic E-state index is 12.3. The topological polar surface area (TPSA) is 106 Å². The van der Waals surface area contributed by atoms with E-state index in [1.807, 2.05) is 19.1 Å². The van der Waals surface area contributed by atoms with Crippen molar-refractivity contribution in [2.75, 3.05) is 13.2 Å². The van der Waals surface area contributed by atoms with Crippen LogP contribution >= 0.6 is 0 Å². The molecule has 0 atom stereocenters. The van der Waals surface area contributed by atoms with Gasteiger partial charge in [0.15, 0.2) is 6.61 Å². The molecule has 0 spiro atoms. The molecule has 1 aromatic heterocycles. The third kappa shape index (κ3) is 5.37. The third-order valence-corrected chi connectivity index (χ3v) is 5.18. The number of carboxylic acid groups (broad SMARTS) is 1. The Bertz CT molecular complexity index is 962. The second-order valence-corrected chi connectivity index (χ2v) is 7.53. The molecule has 7 heteroatoms. The number of carboxylic acids is 1. The number of rotatable bonds is 9. The molecule has 0 radical (unpaired) electrons. The first-order chi connectivity index (χ1) is 14.0. The van der Waals surface area contributed by atoms with Crippen LogP contribution < -0.4 is 15.7 Å². The summed E-state index contributed by atoms with van der Waals surface area (Å²) >= 11 is 0. The number of aryl methyl sites for hydroxylation is 2. The van der Waals surface area contributed by atoms with Crippen molar-refractivity contribution in [1.29, 1.82) is 0 Å². The fourth-order valence-corrected chi connectivity index (χ4v) is 3.78. The number of hydrogen-bond acceptors (Lipinski definition) is 5. The molecule has 2 aromatic rings. The van der Waals surface area contributed by atoms with Gasteiger partial charge in [-0.3, -0.25) is 9.59 Å². The van der Waals surface area contributed by atoms with Crippen LogP contribution in [0.15, 0.2) is 21.3 Å². The molecular weight excluding hydrogens is 374 g/mol. The molecule has 1 amide bonds. The average molecular weight is 401 g/mol. The van der Waals surface area contributed by atoms with Crippen molar-refractivity contribution in [3.63, 3.8) is 0 Å². The van der Waals surface area contributed by atoms with E-state index in [1.165, 1.54) is 0 Å². The van der Waals surface area contributed by atoms with Crippen LogP contribution in [0.2, 0.25) is 0 Å². The van der Waals surface area contributed by atoms with E-state index in [0.29, 0.717) is 30.7 Å². The van der Waals surface area contributed by atoms with E-state index >= 15 is 0 Å². The molecule has 29 heavy (non-hydrogen) atoms. The molecule has 0 fully saturated rings. The highest BCUT2D eigenvalue weighted by Crippen LogP contribution is 2.34. The van der Waals surface area contributed by atoms with Crippen LogP contribution in [0.25, 0.3) is 11.0 Å². The lowest BCUT2D eigenvalue weighted by Gasteiger charge is -2.18. The maximum Gasteiger partial charge on any atom is 0.339 e. The van der Waals surface area contributed by atoms with Crippen LogP contribution in [0.4, 0.5) is 0 Å².